The molecular weight excluding hydrogens is 344 g/mol. The summed E-state index contributed by atoms with van der Waals surface area (Å²) in [5.74, 6) is 2.29. The summed E-state index contributed by atoms with van der Waals surface area (Å²) in [7, 11) is 3.13. The van der Waals surface area contributed by atoms with Crippen molar-refractivity contribution in [2.45, 2.75) is 18.9 Å². The lowest BCUT2D eigenvalue weighted by Crippen LogP contribution is -2.19. The maximum absolute atomic E-state index is 6.13. The van der Waals surface area contributed by atoms with E-state index in [0.29, 0.717) is 28.2 Å². The summed E-state index contributed by atoms with van der Waals surface area (Å²) < 4.78 is 16.2. The number of anilines is 3. The average Bonchev–Trinajstić information content (AvgIpc) is 3.15. The van der Waals surface area contributed by atoms with Crippen LogP contribution in [0.3, 0.4) is 0 Å². The van der Waals surface area contributed by atoms with Gasteiger partial charge in [-0.15, -0.1) is 0 Å². The summed E-state index contributed by atoms with van der Waals surface area (Å²) in [5.41, 5.74) is 0.667. The number of hydrogen-bond acceptors (Lipinski definition) is 7. The van der Waals surface area contributed by atoms with Crippen LogP contribution in [0.1, 0.15) is 12.8 Å². The number of halogens is 1. The quantitative estimate of drug-likeness (QED) is 0.778. The number of nitrogens with one attached hydrogen (secondary N) is 2. The Morgan fingerprint density at radius 2 is 2.12 bits per heavy atom. The highest BCUT2D eigenvalue weighted by Gasteiger charge is 2.15. The third kappa shape index (κ3) is 4.43. The number of methoxy groups -OCH3 is 2. The lowest BCUT2D eigenvalue weighted by atomic mass is 10.2. The molecule has 0 aliphatic carbocycles. The molecule has 1 saturated heterocycles. The van der Waals surface area contributed by atoms with Gasteiger partial charge < -0.3 is 24.8 Å². The van der Waals surface area contributed by atoms with Crippen molar-refractivity contribution in [3.05, 3.63) is 29.4 Å². The van der Waals surface area contributed by atoms with Crippen molar-refractivity contribution in [1.82, 2.24) is 9.97 Å². The standard InChI is InChI=1S/C17H21ClN4O3/c1-23-14-9-13(15(24-2)8-12(14)18)21-17-19-6-5-16(22-17)20-10-11-4-3-7-25-11/h5-6,8-9,11H,3-4,7,10H2,1-2H3,(H2,19,20,21,22). The number of aromatic nitrogens is 2. The van der Waals surface area contributed by atoms with Crippen LogP contribution in [-0.4, -0.2) is 43.4 Å². The van der Waals surface area contributed by atoms with Crippen molar-refractivity contribution < 1.29 is 14.2 Å². The Morgan fingerprint density at radius 1 is 1.28 bits per heavy atom. The van der Waals surface area contributed by atoms with Gasteiger partial charge in [-0.25, -0.2) is 4.98 Å². The molecule has 1 aromatic heterocycles. The van der Waals surface area contributed by atoms with E-state index in [0.717, 1.165) is 31.8 Å². The minimum atomic E-state index is 0.243. The Hall–Kier alpha value is -2.25. The zero-order chi connectivity index (χ0) is 17.6. The highest BCUT2D eigenvalue weighted by Crippen LogP contribution is 2.36. The van der Waals surface area contributed by atoms with Gasteiger partial charge in [0.15, 0.2) is 0 Å². The number of rotatable bonds is 7. The summed E-state index contributed by atoms with van der Waals surface area (Å²) in [6.45, 7) is 1.57. The summed E-state index contributed by atoms with van der Waals surface area (Å²) in [5, 5.41) is 6.89. The second-order valence-corrected chi connectivity index (χ2v) is 6.00. The largest absolute Gasteiger partial charge is 0.495 e. The molecule has 1 aliphatic heterocycles. The molecule has 3 rings (SSSR count). The van der Waals surface area contributed by atoms with Crippen molar-refractivity contribution >= 4 is 29.1 Å². The Labute approximate surface area is 151 Å². The maximum Gasteiger partial charge on any atom is 0.229 e. The zero-order valence-electron chi connectivity index (χ0n) is 14.2. The second kappa shape index (κ2) is 8.22. The van der Waals surface area contributed by atoms with Crippen LogP contribution in [0.5, 0.6) is 11.5 Å². The molecule has 0 spiro atoms. The van der Waals surface area contributed by atoms with Gasteiger partial charge in [0.25, 0.3) is 0 Å². The Morgan fingerprint density at radius 3 is 2.84 bits per heavy atom. The monoisotopic (exact) mass is 364 g/mol. The van der Waals surface area contributed by atoms with Crippen molar-refractivity contribution in [1.29, 1.82) is 0 Å². The van der Waals surface area contributed by atoms with Gasteiger partial charge in [-0.2, -0.15) is 4.98 Å². The minimum absolute atomic E-state index is 0.243. The fourth-order valence-electron chi connectivity index (χ4n) is 2.62. The van der Waals surface area contributed by atoms with Crippen LogP contribution in [0.4, 0.5) is 17.5 Å². The SMILES string of the molecule is COc1cc(Nc2nccc(NCC3CCCO3)n2)c(OC)cc1Cl. The molecular formula is C17H21ClN4O3. The molecule has 0 amide bonds. The maximum atomic E-state index is 6.13. The van der Waals surface area contributed by atoms with E-state index in [-0.39, 0.29) is 6.10 Å². The number of ether oxygens (including phenoxy) is 3. The first-order valence-electron chi connectivity index (χ1n) is 8.06. The smallest absolute Gasteiger partial charge is 0.229 e. The first kappa shape index (κ1) is 17.6. The minimum Gasteiger partial charge on any atom is -0.495 e. The average molecular weight is 365 g/mol. The van der Waals surface area contributed by atoms with Gasteiger partial charge in [0.05, 0.1) is 31.0 Å². The van der Waals surface area contributed by atoms with Crippen molar-refractivity contribution in [3.8, 4) is 11.5 Å². The molecule has 1 atom stereocenters. The molecule has 7 nitrogen and oxygen atoms in total. The van der Waals surface area contributed by atoms with Crippen LogP contribution < -0.4 is 20.1 Å². The first-order chi connectivity index (χ1) is 12.2. The Bertz CT molecular complexity index is 723. The summed E-state index contributed by atoms with van der Waals surface area (Å²) in [4.78, 5) is 8.71. The van der Waals surface area contributed by atoms with Crippen molar-refractivity contribution in [2.75, 3.05) is 38.0 Å². The fourth-order valence-corrected chi connectivity index (χ4v) is 2.85. The van der Waals surface area contributed by atoms with Crippen LogP contribution in [0.15, 0.2) is 24.4 Å². The molecule has 0 saturated carbocycles. The number of nitrogens with zero attached hydrogens (tertiary/aromatic N) is 2. The van der Waals surface area contributed by atoms with Crippen molar-refractivity contribution in [3.63, 3.8) is 0 Å². The van der Waals surface area contributed by atoms with Gasteiger partial charge in [-0.3, -0.25) is 0 Å². The van der Waals surface area contributed by atoms with Gasteiger partial charge in [-0.05, 0) is 18.9 Å². The number of benzene rings is 1. The lowest BCUT2D eigenvalue weighted by Gasteiger charge is -2.14. The van der Waals surface area contributed by atoms with E-state index in [1.165, 1.54) is 0 Å². The topological polar surface area (TPSA) is 77.5 Å². The van der Waals surface area contributed by atoms with Crippen LogP contribution in [0, 0.1) is 0 Å². The third-order valence-corrected chi connectivity index (χ3v) is 4.21. The summed E-state index contributed by atoms with van der Waals surface area (Å²) >= 11 is 6.13. The number of hydrogen-bond donors (Lipinski definition) is 2. The molecule has 8 heteroatoms. The van der Waals surface area contributed by atoms with E-state index in [1.54, 1.807) is 32.5 Å². The van der Waals surface area contributed by atoms with Gasteiger partial charge in [0, 0.05) is 31.5 Å². The predicted molar refractivity (Wildman–Crippen MR) is 97.3 cm³/mol. The predicted octanol–water partition coefficient (Wildman–Crippen LogP) is 3.48. The van der Waals surface area contributed by atoms with Crippen molar-refractivity contribution in [2.24, 2.45) is 0 Å². The normalized spacial score (nSPS) is 16.5. The summed E-state index contributed by atoms with van der Waals surface area (Å²) in [6.07, 6.45) is 4.12. The molecule has 134 valence electrons. The first-order valence-corrected chi connectivity index (χ1v) is 8.44. The fraction of sp³-hybridized carbons (Fsp3) is 0.412. The Balaban J connectivity index is 1.73. The molecule has 0 bridgehead atoms. The molecule has 1 aliphatic rings. The molecule has 1 fully saturated rings. The molecule has 2 N–H and O–H groups in total. The van der Waals surface area contributed by atoms with Gasteiger partial charge in [0.2, 0.25) is 5.95 Å². The molecule has 2 heterocycles. The molecule has 0 radical (unpaired) electrons. The van der Waals surface area contributed by atoms with Gasteiger partial charge >= 0.3 is 0 Å². The Kier molecular flexibility index (Phi) is 5.78. The van der Waals surface area contributed by atoms with E-state index in [2.05, 4.69) is 20.6 Å². The molecule has 1 unspecified atom stereocenters. The highest BCUT2D eigenvalue weighted by atomic mass is 35.5. The van der Waals surface area contributed by atoms with Gasteiger partial charge in [-0.1, -0.05) is 11.6 Å². The molecule has 1 aromatic carbocycles. The van der Waals surface area contributed by atoms with E-state index in [1.807, 2.05) is 6.07 Å². The van der Waals surface area contributed by atoms with E-state index >= 15 is 0 Å². The van der Waals surface area contributed by atoms with Gasteiger partial charge in [0.1, 0.15) is 17.3 Å². The van der Waals surface area contributed by atoms with E-state index in [4.69, 9.17) is 25.8 Å². The van der Waals surface area contributed by atoms with Crippen LogP contribution >= 0.6 is 11.6 Å². The third-order valence-electron chi connectivity index (χ3n) is 3.91. The van der Waals surface area contributed by atoms with E-state index in [9.17, 15) is 0 Å². The lowest BCUT2D eigenvalue weighted by molar-refractivity contribution is 0.120. The zero-order valence-corrected chi connectivity index (χ0v) is 15.0. The summed E-state index contributed by atoms with van der Waals surface area (Å²) in [6, 6.07) is 5.25. The van der Waals surface area contributed by atoms with Crippen LogP contribution in [-0.2, 0) is 4.74 Å². The second-order valence-electron chi connectivity index (χ2n) is 5.59. The molecule has 25 heavy (non-hydrogen) atoms. The van der Waals surface area contributed by atoms with E-state index < -0.39 is 0 Å². The molecule has 2 aromatic rings. The van der Waals surface area contributed by atoms with Crippen LogP contribution in [0.2, 0.25) is 5.02 Å². The highest BCUT2D eigenvalue weighted by molar-refractivity contribution is 6.32. The van der Waals surface area contributed by atoms with Crippen LogP contribution in [0.25, 0.3) is 0 Å².